The van der Waals surface area contributed by atoms with Crippen LogP contribution in [0.1, 0.15) is 55.4 Å². The van der Waals surface area contributed by atoms with Gasteiger partial charge in [0.2, 0.25) is 0 Å². The quantitative estimate of drug-likeness (QED) is 0.859. The zero-order valence-electron chi connectivity index (χ0n) is 12.8. The van der Waals surface area contributed by atoms with Crippen molar-refractivity contribution in [3.8, 4) is 0 Å². The van der Waals surface area contributed by atoms with Crippen molar-refractivity contribution in [1.29, 1.82) is 0 Å². The van der Waals surface area contributed by atoms with E-state index in [1.165, 1.54) is 25.5 Å². The second kappa shape index (κ2) is 6.75. The summed E-state index contributed by atoms with van der Waals surface area (Å²) < 4.78 is 26.4. The van der Waals surface area contributed by atoms with Gasteiger partial charge >= 0.3 is 0 Å². The van der Waals surface area contributed by atoms with E-state index in [1.54, 1.807) is 6.07 Å². The summed E-state index contributed by atoms with van der Waals surface area (Å²) in [6.07, 6.45) is 6.90. The van der Waals surface area contributed by atoms with E-state index in [-0.39, 0.29) is 11.9 Å². The Bertz CT molecular complexity index is 517. The maximum Gasteiger partial charge on any atom is 0.272 e. The van der Waals surface area contributed by atoms with Crippen LogP contribution < -0.4 is 0 Å². The van der Waals surface area contributed by atoms with Crippen molar-refractivity contribution in [1.82, 2.24) is 14.7 Å². The molecule has 122 valence electrons. The number of carbonyl (C=O) groups excluding carboxylic acids is 1. The van der Waals surface area contributed by atoms with Gasteiger partial charge in [-0.25, -0.2) is 8.78 Å². The lowest BCUT2D eigenvalue weighted by molar-refractivity contribution is 0.0547. The van der Waals surface area contributed by atoms with Crippen molar-refractivity contribution in [2.75, 3.05) is 6.54 Å². The predicted octanol–water partition coefficient (Wildman–Crippen LogP) is 3.33. The number of carbonyl (C=O) groups is 1. The largest absolute Gasteiger partial charge is 0.334 e. The number of nitrogens with zero attached hydrogens (tertiary/aromatic N) is 3. The molecular formula is C16H23F2N3O. The fourth-order valence-electron chi connectivity index (χ4n) is 3.98. The number of amides is 1. The molecule has 0 unspecified atom stereocenters. The predicted molar refractivity (Wildman–Crippen MR) is 78.9 cm³/mol. The summed E-state index contributed by atoms with van der Waals surface area (Å²) in [6, 6.07) is 1.84. The Hall–Kier alpha value is -1.46. The van der Waals surface area contributed by atoms with Gasteiger partial charge in [0.1, 0.15) is 12.2 Å². The summed E-state index contributed by atoms with van der Waals surface area (Å²) in [5.74, 6) is 0.448. The molecule has 1 aromatic heterocycles. The van der Waals surface area contributed by atoms with Crippen LogP contribution >= 0.6 is 0 Å². The van der Waals surface area contributed by atoms with Gasteiger partial charge in [-0.05, 0) is 37.7 Å². The lowest BCUT2D eigenvalue weighted by Crippen LogP contribution is -2.45. The van der Waals surface area contributed by atoms with Crippen molar-refractivity contribution in [2.45, 2.75) is 64.0 Å². The molecule has 4 nitrogen and oxygen atoms in total. The van der Waals surface area contributed by atoms with E-state index < -0.39 is 13.0 Å². The highest BCUT2D eigenvalue weighted by molar-refractivity contribution is 5.92. The minimum atomic E-state index is -2.50. The molecule has 0 N–H and O–H groups in total. The van der Waals surface area contributed by atoms with Gasteiger partial charge in [-0.1, -0.05) is 19.3 Å². The summed E-state index contributed by atoms with van der Waals surface area (Å²) in [5.41, 5.74) is 0.298. The first kappa shape index (κ1) is 15.4. The minimum absolute atomic E-state index is 0.128. The first-order valence-corrected chi connectivity index (χ1v) is 8.27. The third-order valence-corrected chi connectivity index (χ3v) is 5.00. The van der Waals surface area contributed by atoms with E-state index in [0.29, 0.717) is 11.6 Å². The zero-order chi connectivity index (χ0) is 15.5. The van der Waals surface area contributed by atoms with E-state index in [2.05, 4.69) is 5.10 Å². The fraction of sp³-hybridized carbons (Fsp3) is 0.750. The molecule has 2 aliphatic rings. The Morgan fingerprint density at radius 2 is 1.95 bits per heavy atom. The normalized spacial score (nSPS) is 25.9. The topological polar surface area (TPSA) is 38.1 Å². The first-order valence-electron chi connectivity index (χ1n) is 8.27. The standard InChI is InChI=1S/C16H23F2N3O/c17-15(18)11-21-14(8-9-19-21)16(22)20-10-4-3-6-12-5-1-2-7-13(12)20/h8-9,12-13,15H,1-7,10-11H2/t12-,13-/m0/s1. The highest BCUT2D eigenvalue weighted by Gasteiger charge is 2.35. The molecule has 3 rings (SSSR count). The van der Waals surface area contributed by atoms with Gasteiger partial charge in [0.15, 0.2) is 0 Å². The number of halogens is 2. The van der Waals surface area contributed by atoms with Crippen LogP contribution in [-0.2, 0) is 6.54 Å². The van der Waals surface area contributed by atoms with E-state index in [1.807, 2.05) is 4.90 Å². The van der Waals surface area contributed by atoms with Gasteiger partial charge < -0.3 is 4.90 Å². The second-order valence-electron chi connectivity index (χ2n) is 6.40. The van der Waals surface area contributed by atoms with Crippen LogP contribution in [0.4, 0.5) is 8.78 Å². The molecule has 1 amide bonds. The third-order valence-electron chi connectivity index (χ3n) is 5.00. The number of rotatable bonds is 3. The van der Waals surface area contributed by atoms with Crippen LogP contribution in [0.2, 0.25) is 0 Å². The average Bonchev–Trinajstić information content (AvgIpc) is 2.83. The highest BCUT2D eigenvalue weighted by atomic mass is 19.3. The van der Waals surface area contributed by atoms with Crippen LogP contribution in [0.15, 0.2) is 12.3 Å². The molecule has 1 aliphatic heterocycles. The van der Waals surface area contributed by atoms with Crippen LogP contribution in [-0.4, -0.2) is 39.6 Å². The van der Waals surface area contributed by atoms with Gasteiger partial charge in [0.05, 0.1) is 0 Å². The SMILES string of the molecule is O=C(c1ccnn1CC(F)F)N1CCCC[C@@H]2CCCC[C@@H]21. The van der Waals surface area contributed by atoms with Crippen molar-refractivity contribution < 1.29 is 13.6 Å². The molecule has 1 saturated heterocycles. The molecular weight excluding hydrogens is 288 g/mol. The summed E-state index contributed by atoms with van der Waals surface area (Å²) in [5, 5.41) is 3.89. The Labute approximate surface area is 129 Å². The zero-order valence-corrected chi connectivity index (χ0v) is 12.8. The fourth-order valence-corrected chi connectivity index (χ4v) is 3.98. The molecule has 1 aromatic rings. The maximum absolute atomic E-state index is 12.9. The van der Waals surface area contributed by atoms with E-state index in [0.717, 1.165) is 36.9 Å². The Morgan fingerprint density at radius 1 is 1.23 bits per heavy atom. The van der Waals surface area contributed by atoms with E-state index in [9.17, 15) is 13.6 Å². The van der Waals surface area contributed by atoms with Crippen LogP contribution in [0.3, 0.4) is 0 Å². The lowest BCUT2D eigenvalue weighted by atomic mass is 9.81. The van der Waals surface area contributed by atoms with Crippen molar-refractivity contribution in [2.24, 2.45) is 5.92 Å². The molecule has 0 bridgehead atoms. The van der Waals surface area contributed by atoms with Gasteiger partial charge in [0.25, 0.3) is 12.3 Å². The summed E-state index contributed by atoms with van der Waals surface area (Å²) in [6.45, 7) is 0.218. The maximum atomic E-state index is 12.9. The number of hydrogen-bond donors (Lipinski definition) is 0. The summed E-state index contributed by atoms with van der Waals surface area (Å²) >= 11 is 0. The molecule has 1 saturated carbocycles. The molecule has 2 fully saturated rings. The molecule has 22 heavy (non-hydrogen) atoms. The average molecular weight is 311 g/mol. The highest BCUT2D eigenvalue weighted by Crippen LogP contribution is 2.35. The smallest absolute Gasteiger partial charge is 0.272 e. The number of fused-ring (bicyclic) bond motifs is 1. The Morgan fingerprint density at radius 3 is 2.73 bits per heavy atom. The summed E-state index contributed by atoms with van der Waals surface area (Å²) in [7, 11) is 0. The minimum Gasteiger partial charge on any atom is -0.334 e. The number of hydrogen-bond acceptors (Lipinski definition) is 2. The molecule has 2 heterocycles. The van der Waals surface area contributed by atoms with Gasteiger partial charge in [-0.15, -0.1) is 0 Å². The van der Waals surface area contributed by atoms with Crippen LogP contribution in [0.5, 0.6) is 0 Å². The van der Waals surface area contributed by atoms with Gasteiger partial charge in [-0.3, -0.25) is 9.48 Å². The molecule has 2 atom stereocenters. The Kier molecular flexibility index (Phi) is 4.74. The number of alkyl halides is 2. The molecule has 6 heteroatoms. The van der Waals surface area contributed by atoms with E-state index in [4.69, 9.17) is 0 Å². The number of aromatic nitrogens is 2. The first-order chi connectivity index (χ1) is 10.7. The monoisotopic (exact) mass is 311 g/mol. The van der Waals surface area contributed by atoms with Crippen molar-refractivity contribution in [3.63, 3.8) is 0 Å². The van der Waals surface area contributed by atoms with Gasteiger partial charge in [0, 0.05) is 18.8 Å². The second-order valence-corrected chi connectivity index (χ2v) is 6.40. The molecule has 0 aromatic carbocycles. The van der Waals surface area contributed by atoms with Gasteiger partial charge in [-0.2, -0.15) is 5.10 Å². The molecule has 0 radical (unpaired) electrons. The van der Waals surface area contributed by atoms with Crippen LogP contribution in [0.25, 0.3) is 0 Å². The van der Waals surface area contributed by atoms with Crippen molar-refractivity contribution in [3.05, 3.63) is 18.0 Å². The van der Waals surface area contributed by atoms with Crippen LogP contribution in [0, 0.1) is 5.92 Å². The van der Waals surface area contributed by atoms with E-state index >= 15 is 0 Å². The number of likely N-dealkylation sites (tertiary alicyclic amines) is 1. The Balaban J connectivity index is 1.82. The molecule has 0 spiro atoms. The summed E-state index contributed by atoms with van der Waals surface area (Å²) in [4.78, 5) is 14.8. The van der Waals surface area contributed by atoms with Crippen molar-refractivity contribution >= 4 is 5.91 Å². The molecule has 1 aliphatic carbocycles. The lowest BCUT2D eigenvalue weighted by Gasteiger charge is -2.38. The third kappa shape index (κ3) is 3.15.